The minimum absolute atomic E-state index is 0.0145. The van der Waals surface area contributed by atoms with Crippen LogP contribution in [0.3, 0.4) is 0 Å². The molecule has 2 aromatic rings. The van der Waals surface area contributed by atoms with Crippen molar-refractivity contribution in [3.8, 4) is 17.2 Å². The van der Waals surface area contributed by atoms with Gasteiger partial charge in [-0.3, -0.25) is 5.01 Å². The Hall–Kier alpha value is -2.40. The number of nitrogens with two attached hydrogens (primary N) is 1. The van der Waals surface area contributed by atoms with Crippen molar-refractivity contribution in [2.75, 3.05) is 11.6 Å². The summed E-state index contributed by atoms with van der Waals surface area (Å²) in [4.78, 5) is 0. The van der Waals surface area contributed by atoms with Gasteiger partial charge in [-0.15, -0.1) is 0 Å². The molecule has 0 saturated carbocycles. The van der Waals surface area contributed by atoms with Crippen molar-refractivity contribution in [1.82, 2.24) is 0 Å². The maximum absolute atomic E-state index is 10.0. The zero-order chi connectivity index (χ0) is 14.7. The summed E-state index contributed by atoms with van der Waals surface area (Å²) < 4.78 is 5.30. The quantitative estimate of drug-likeness (QED) is 0.590. The first-order valence-corrected chi connectivity index (χ1v) is 6.33. The molecule has 0 radical (unpaired) electrons. The van der Waals surface area contributed by atoms with Gasteiger partial charge in [0, 0.05) is 6.07 Å². The zero-order valence-corrected chi connectivity index (χ0v) is 11.5. The lowest BCUT2D eigenvalue weighted by atomic mass is 10.1. The zero-order valence-electron chi connectivity index (χ0n) is 11.5. The number of ether oxygens (including phenoxy) is 1. The Balaban J connectivity index is 2.38. The number of benzene rings is 2. The molecule has 0 unspecified atom stereocenters. The van der Waals surface area contributed by atoms with Crippen molar-refractivity contribution >= 4 is 11.4 Å². The van der Waals surface area contributed by atoms with E-state index in [2.05, 4.69) is 0 Å². The van der Waals surface area contributed by atoms with Crippen LogP contribution in [0.15, 0.2) is 36.4 Å². The molecule has 4 N–H and O–H groups in total. The molecule has 0 aliphatic heterocycles. The third kappa shape index (κ3) is 2.62. The first-order valence-electron chi connectivity index (χ1n) is 6.33. The Morgan fingerprint density at radius 1 is 1.15 bits per heavy atom. The van der Waals surface area contributed by atoms with E-state index in [-0.39, 0.29) is 11.5 Å². The van der Waals surface area contributed by atoms with Crippen molar-refractivity contribution in [1.29, 1.82) is 0 Å². The molecular formula is C15H18N2O3. The van der Waals surface area contributed by atoms with E-state index in [1.54, 1.807) is 37.3 Å². The SMILES string of the molecule is CCOc1ccc(N(N)c2cccc(C)c2O)c(O)c1. The number of hydrogen-bond acceptors (Lipinski definition) is 5. The Morgan fingerprint density at radius 3 is 2.55 bits per heavy atom. The van der Waals surface area contributed by atoms with Crippen LogP contribution in [0.4, 0.5) is 11.4 Å². The molecule has 0 aliphatic rings. The van der Waals surface area contributed by atoms with Gasteiger partial charge < -0.3 is 14.9 Å². The van der Waals surface area contributed by atoms with E-state index in [4.69, 9.17) is 10.6 Å². The fourth-order valence-electron chi connectivity index (χ4n) is 1.93. The van der Waals surface area contributed by atoms with Gasteiger partial charge in [-0.1, -0.05) is 12.1 Å². The molecule has 20 heavy (non-hydrogen) atoms. The predicted molar refractivity (Wildman–Crippen MR) is 78.4 cm³/mol. The third-order valence-electron chi connectivity index (χ3n) is 2.99. The number of aryl methyl sites for hydroxylation is 1. The smallest absolute Gasteiger partial charge is 0.144 e. The van der Waals surface area contributed by atoms with Crippen molar-refractivity contribution < 1.29 is 14.9 Å². The molecule has 0 atom stereocenters. The molecule has 0 bridgehead atoms. The van der Waals surface area contributed by atoms with Gasteiger partial charge in [0.05, 0.1) is 18.0 Å². The highest BCUT2D eigenvalue weighted by atomic mass is 16.5. The Morgan fingerprint density at radius 2 is 1.90 bits per heavy atom. The summed E-state index contributed by atoms with van der Waals surface area (Å²) in [6, 6.07) is 10.1. The molecule has 2 aromatic carbocycles. The number of hydrogen-bond donors (Lipinski definition) is 3. The predicted octanol–water partition coefficient (Wildman–Crippen LogP) is 2.82. The summed E-state index contributed by atoms with van der Waals surface area (Å²) in [5.41, 5.74) is 1.52. The molecule has 5 heteroatoms. The highest BCUT2D eigenvalue weighted by molar-refractivity contribution is 5.73. The second kappa shape index (κ2) is 5.71. The van der Waals surface area contributed by atoms with E-state index in [9.17, 15) is 10.2 Å². The molecule has 0 saturated heterocycles. The molecule has 0 heterocycles. The van der Waals surface area contributed by atoms with Crippen LogP contribution in [0.1, 0.15) is 12.5 Å². The maximum Gasteiger partial charge on any atom is 0.144 e. The summed E-state index contributed by atoms with van der Waals surface area (Å²) in [5, 5.41) is 21.3. The average Bonchev–Trinajstić information content (AvgIpc) is 2.42. The minimum Gasteiger partial charge on any atom is -0.506 e. The van der Waals surface area contributed by atoms with E-state index in [1.807, 2.05) is 6.92 Å². The topological polar surface area (TPSA) is 79.0 Å². The third-order valence-corrected chi connectivity index (χ3v) is 2.99. The maximum atomic E-state index is 10.0. The lowest BCUT2D eigenvalue weighted by molar-refractivity contribution is 0.338. The lowest BCUT2D eigenvalue weighted by Gasteiger charge is -2.21. The minimum atomic E-state index is -0.0145. The van der Waals surface area contributed by atoms with Crippen LogP contribution in [0, 0.1) is 6.92 Å². The normalized spacial score (nSPS) is 10.3. The first kappa shape index (κ1) is 14.0. The van der Waals surface area contributed by atoms with E-state index in [1.165, 1.54) is 11.1 Å². The summed E-state index contributed by atoms with van der Waals surface area (Å²) in [7, 11) is 0. The van der Waals surface area contributed by atoms with Gasteiger partial charge in [-0.05, 0) is 37.6 Å². The molecule has 106 valence electrons. The van der Waals surface area contributed by atoms with Gasteiger partial charge in [-0.2, -0.15) is 0 Å². The second-order valence-corrected chi connectivity index (χ2v) is 4.40. The number of phenolic OH excluding ortho intramolecular Hbond substituents is 2. The second-order valence-electron chi connectivity index (χ2n) is 4.40. The Bertz CT molecular complexity index is 614. The summed E-state index contributed by atoms with van der Waals surface area (Å²) >= 11 is 0. The summed E-state index contributed by atoms with van der Waals surface area (Å²) in [5.74, 6) is 6.62. The van der Waals surface area contributed by atoms with Gasteiger partial charge >= 0.3 is 0 Å². The van der Waals surface area contributed by atoms with E-state index in [0.717, 1.165) is 0 Å². The highest BCUT2D eigenvalue weighted by Crippen LogP contribution is 2.38. The summed E-state index contributed by atoms with van der Waals surface area (Å²) in [6.07, 6.45) is 0. The number of rotatable bonds is 4. The molecule has 0 aliphatic carbocycles. The molecular weight excluding hydrogens is 256 g/mol. The van der Waals surface area contributed by atoms with Crippen LogP contribution in [0.25, 0.3) is 0 Å². The first-order chi connectivity index (χ1) is 9.54. The van der Waals surface area contributed by atoms with E-state index < -0.39 is 0 Å². The van der Waals surface area contributed by atoms with Gasteiger partial charge in [0.25, 0.3) is 0 Å². The number of aromatic hydroxyl groups is 2. The number of anilines is 2. The van der Waals surface area contributed by atoms with Crippen molar-refractivity contribution in [2.45, 2.75) is 13.8 Å². The molecule has 0 amide bonds. The largest absolute Gasteiger partial charge is 0.506 e. The van der Waals surface area contributed by atoms with Crippen LogP contribution in [-0.4, -0.2) is 16.8 Å². The number of para-hydroxylation sites is 1. The van der Waals surface area contributed by atoms with Crippen LogP contribution in [0.5, 0.6) is 17.2 Å². The molecule has 5 nitrogen and oxygen atoms in total. The van der Waals surface area contributed by atoms with Crippen LogP contribution < -0.4 is 15.6 Å². The monoisotopic (exact) mass is 274 g/mol. The standard InChI is InChI=1S/C15H18N2O3/c1-3-20-11-7-8-12(14(18)9-11)17(16)13-6-4-5-10(2)15(13)19/h4-9,18-19H,3,16H2,1-2H3. The molecule has 0 spiro atoms. The summed E-state index contributed by atoms with van der Waals surface area (Å²) in [6.45, 7) is 4.17. The van der Waals surface area contributed by atoms with Gasteiger partial charge in [0.15, 0.2) is 0 Å². The van der Waals surface area contributed by atoms with E-state index >= 15 is 0 Å². The number of nitrogens with zero attached hydrogens (tertiary/aromatic N) is 1. The van der Waals surface area contributed by atoms with Gasteiger partial charge in [0.1, 0.15) is 17.2 Å². The van der Waals surface area contributed by atoms with Gasteiger partial charge in [-0.25, -0.2) is 5.84 Å². The Kier molecular flexibility index (Phi) is 4.00. The number of phenols is 2. The molecule has 2 rings (SSSR count). The van der Waals surface area contributed by atoms with Crippen molar-refractivity contribution in [3.63, 3.8) is 0 Å². The fourth-order valence-corrected chi connectivity index (χ4v) is 1.93. The Labute approximate surface area is 117 Å². The highest BCUT2D eigenvalue weighted by Gasteiger charge is 2.15. The lowest BCUT2D eigenvalue weighted by Crippen LogP contribution is -2.25. The van der Waals surface area contributed by atoms with E-state index in [0.29, 0.717) is 29.3 Å². The number of hydrazine groups is 1. The van der Waals surface area contributed by atoms with Crippen LogP contribution >= 0.6 is 0 Å². The van der Waals surface area contributed by atoms with Crippen LogP contribution in [-0.2, 0) is 0 Å². The fraction of sp³-hybridized carbons (Fsp3) is 0.200. The van der Waals surface area contributed by atoms with Crippen molar-refractivity contribution in [2.24, 2.45) is 5.84 Å². The van der Waals surface area contributed by atoms with Crippen molar-refractivity contribution in [3.05, 3.63) is 42.0 Å². The molecule has 0 fully saturated rings. The van der Waals surface area contributed by atoms with Gasteiger partial charge in [0.2, 0.25) is 0 Å². The molecule has 0 aromatic heterocycles. The van der Waals surface area contributed by atoms with Crippen LogP contribution in [0.2, 0.25) is 0 Å². The average molecular weight is 274 g/mol.